The van der Waals surface area contributed by atoms with Gasteiger partial charge in [-0.3, -0.25) is 0 Å². The van der Waals surface area contributed by atoms with Gasteiger partial charge in [0.05, 0.1) is 0 Å². The number of rotatable bonds is 6. The summed E-state index contributed by atoms with van der Waals surface area (Å²) in [6.07, 6.45) is 8.08. The molecule has 1 heterocycles. The van der Waals surface area contributed by atoms with E-state index in [-0.39, 0.29) is 0 Å². The first-order valence-electron chi connectivity index (χ1n) is 7.14. The van der Waals surface area contributed by atoms with Gasteiger partial charge in [-0.1, -0.05) is 26.7 Å². The molecular weight excluding hydrogens is 226 g/mol. The van der Waals surface area contributed by atoms with Crippen LogP contribution in [0.2, 0.25) is 0 Å². The second-order valence-electron chi connectivity index (χ2n) is 5.24. The lowest BCUT2D eigenvalue weighted by molar-refractivity contribution is 0.426. The minimum Gasteiger partial charge on any atom is -0.313 e. The van der Waals surface area contributed by atoms with E-state index in [0.29, 0.717) is 0 Å². The largest absolute Gasteiger partial charge is 0.313 e. The zero-order valence-electron chi connectivity index (χ0n) is 11.2. The Morgan fingerprint density at radius 1 is 1.35 bits per heavy atom. The Kier molecular flexibility index (Phi) is 5.05. The summed E-state index contributed by atoms with van der Waals surface area (Å²) in [6.45, 7) is 6.76. The van der Waals surface area contributed by atoms with Gasteiger partial charge in [-0.05, 0) is 54.7 Å². The van der Waals surface area contributed by atoms with E-state index in [1.165, 1.54) is 38.5 Å². The molecule has 1 aromatic rings. The van der Waals surface area contributed by atoms with E-state index in [0.717, 1.165) is 19.0 Å². The minimum absolute atomic E-state index is 0.961. The van der Waals surface area contributed by atoms with E-state index in [9.17, 15) is 0 Å². The summed E-state index contributed by atoms with van der Waals surface area (Å²) in [6, 6.07) is 0. The molecule has 0 amide bonds. The highest BCUT2D eigenvalue weighted by Crippen LogP contribution is 2.34. The van der Waals surface area contributed by atoms with Gasteiger partial charge in [0, 0.05) is 11.4 Å². The van der Waals surface area contributed by atoms with Crippen LogP contribution in [0, 0.1) is 5.92 Å². The zero-order chi connectivity index (χ0) is 12.1. The molecule has 0 saturated heterocycles. The minimum atomic E-state index is 0.961. The van der Waals surface area contributed by atoms with Gasteiger partial charge in [0.2, 0.25) is 0 Å². The molecule has 0 aromatic carbocycles. The van der Waals surface area contributed by atoms with Crippen LogP contribution in [0.4, 0.5) is 0 Å². The van der Waals surface area contributed by atoms with Crippen molar-refractivity contribution in [3.8, 4) is 0 Å². The molecule has 1 nitrogen and oxygen atoms in total. The summed E-state index contributed by atoms with van der Waals surface area (Å²) in [7, 11) is 0. The quantitative estimate of drug-likeness (QED) is 0.749. The maximum atomic E-state index is 3.53. The van der Waals surface area contributed by atoms with Gasteiger partial charge in [-0.2, -0.15) is 0 Å². The predicted molar refractivity (Wildman–Crippen MR) is 76.7 cm³/mol. The molecule has 1 unspecified atom stereocenters. The molecule has 1 atom stereocenters. The third kappa shape index (κ3) is 3.32. The highest BCUT2D eigenvalue weighted by Gasteiger charge is 2.21. The van der Waals surface area contributed by atoms with E-state index in [1.807, 2.05) is 11.3 Å². The first kappa shape index (κ1) is 13.1. The SMILES string of the molecule is CCCNCc1csc2c1CCC(CCC)C2. The van der Waals surface area contributed by atoms with Gasteiger partial charge in [0.15, 0.2) is 0 Å². The van der Waals surface area contributed by atoms with Crippen LogP contribution in [-0.2, 0) is 19.4 Å². The molecule has 2 heteroatoms. The molecule has 96 valence electrons. The summed E-state index contributed by atoms with van der Waals surface area (Å²) in [5, 5.41) is 5.92. The molecule has 0 aliphatic heterocycles. The van der Waals surface area contributed by atoms with Crippen molar-refractivity contribution >= 4 is 11.3 Å². The molecule has 0 fully saturated rings. The number of fused-ring (bicyclic) bond motifs is 1. The van der Waals surface area contributed by atoms with Crippen LogP contribution in [0.3, 0.4) is 0 Å². The van der Waals surface area contributed by atoms with Crippen LogP contribution in [0.1, 0.15) is 55.5 Å². The molecule has 1 aliphatic rings. The van der Waals surface area contributed by atoms with Gasteiger partial charge < -0.3 is 5.32 Å². The zero-order valence-corrected chi connectivity index (χ0v) is 12.0. The lowest BCUT2D eigenvalue weighted by atomic mass is 9.85. The highest BCUT2D eigenvalue weighted by atomic mass is 32.1. The second-order valence-corrected chi connectivity index (χ2v) is 6.20. The summed E-state index contributed by atoms with van der Waals surface area (Å²) in [5.41, 5.74) is 3.26. The summed E-state index contributed by atoms with van der Waals surface area (Å²) < 4.78 is 0. The smallest absolute Gasteiger partial charge is 0.0216 e. The molecular formula is C15H25NS. The monoisotopic (exact) mass is 251 g/mol. The van der Waals surface area contributed by atoms with E-state index in [2.05, 4.69) is 24.5 Å². The predicted octanol–water partition coefficient (Wildman–Crippen LogP) is 4.15. The number of nitrogens with one attached hydrogen (secondary N) is 1. The van der Waals surface area contributed by atoms with Gasteiger partial charge in [0.1, 0.15) is 0 Å². The van der Waals surface area contributed by atoms with Crippen LogP contribution in [0.25, 0.3) is 0 Å². The average Bonchev–Trinajstić information content (AvgIpc) is 2.73. The van der Waals surface area contributed by atoms with E-state index in [4.69, 9.17) is 0 Å². The first-order chi connectivity index (χ1) is 8.35. The number of thiophene rings is 1. The van der Waals surface area contributed by atoms with Crippen molar-refractivity contribution < 1.29 is 0 Å². The van der Waals surface area contributed by atoms with Crippen LogP contribution >= 0.6 is 11.3 Å². The van der Waals surface area contributed by atoms with Crippen LogP contribution < -0.4 is 5.32 Å². The van der Waals surface area contributed by atoms with Crippen molar-refractivity contribution in [3.63, 3.8) is 0 Å². The molecule has 1 N–H and O–H groups in total. The van der Waals surface area contributed by atoms with Crippen molar-refractivity contribution in [3.05, 3.63) is 21.4 Å². The normalized spacial score (nSPS) is 19.3. The van der Waals surface area contributed by atoms with Crippen LogP contribution in [0.5, 0.6) is 0 Å². The molecule has 0 bridgehead atoms. The number of hydrogen-bond acceptors (Lipinski definition) is 2. The average molecular weight is 251 g/mol. The fraction of sp³-hybridized carbons (Fsp3) is 0.733. The second kappa shape index (κ2) is 6.55. The van der Waals surface area contributed by atoms with Crippen molar-refractivity contribution in [2.75, 3.05) is 6.54 Å². The third-order valence-electron chi connectivity index (χ3n) is 3.78. The van der Waals surface area contributed by atoms with Crippen LogP contribution in [-0.4, -0.2) is 6.54 Å². The van der Waals surface area contributed by atoms with Gasteiger partial charge in [-0.15, -0.1) is 11.3 Å². The Morgan fingerprint density at radius 2 is 2.24 bits per heavy atom. The third-order valence-corrected chi connectivity index (χ3v) is 4.88. The summed E-state index contributed by atoms with van der Waals surface area (Å²) >= 11 is 2.00. The van der Waals surface area contributed by atoms with E-state index >= 15 is 0 Å². The fourth-order valence-corrected chi connectivity index (χ4v) is 4.07. The standard InChI is InChI=1S/C15H25NS/c1-3-5-12-6-7-14-13(10-16-8-4-2)11-17-15(14)9-12/h11-12,16H,3-10H2,1-2H3. The van der Waals surface area contributed by atoms with Crippen molar-refractivity contribution in [1.29, 1.82) is 0 Å². The Morgan fingerprint density at radius 3 is 3.00 bits per heavy atom. The topological polar surface area (TPSA) is 12.0 Å². The van der Waals surface area contributed by atoms with Crippen LogP contribution in [0.15, 0.2) is 5.38 Å². The summed E-state index contributed by atoms with van der Waals surface area (Å²) in [5.74, 6) is 0.961. The Labute approximate surface area is 110 Å². The molecule has 2 rings (SSSR count). The Bertz CT molecular complexity index is 329. The van der Waals surface area contributed by atoms with Crippen molar-refractivity contribution in [2.24, 2.45) is 5.92 Å². The Hall–Kier alpha value is -0.340. The first-order valence-corrected chi connectivity index (χ1v) is 8.01. The van der Waals surface area contributed by atoms with Crippen molar-refractivity contribution in [2.45, 2.75) is 58.9 Å². The molecule has 0 radical (unpaired) electrons. The van der Waals surface area contributed by atoms with E-state index < -0.39 is 0 Å². The Balaban J connectivity index is 1.95. The molecule has 1 aromatic heterocycles. The maximum Gasteiger partial charge on any atom is 0.0216 e. The van der Waals surface area contributed by atoms with Crippen molar-refractivity contribution in [1.82, 2.24) is 5.32 Å². The summed E-state index contributed by atoms with van der Waals surface area (Å²) in [4.78, 5) is 1.68. The lowest BCUT2D eigenvalue weighted by Gasteiger charge is -2.22. The number of hydrogen-bond donors (Lipinski definition) is 1. The fourth-order valence-electron chi connectivity index (χ4n) is 2.85. The molecule has 17 heavy (non-hydrogen) atoms. The molecule has 1 aliphatic carbocycles. The van der Waals surface area contributed by atoms with Gasteiger partial charge in [-0.25, -0.2) is 0 Å². The van der Waals surface area contributed by atoms with E-state index in [1.54, 1.807) is 16.0 Å². The highest BCUT2D eigenvalue weighted by molar-refractivity contribution is 7.10. The lowest BCUT2D eigenvalue weighted by Crippen LogP contribution is -2.17. The van der Waals surface area contributed by atoms with Gasteiger partial charge in [0.25, 0.3) is 0 Å². The maximum absolute atomic E-state index is 3.53. The van der Waals surface area contributed by atoms with Gasteiger partial charge >= 0.3 is 0 Å². The molecule has 0 spiro atoms. The molecule has 0 saturated carbocycles.